The zero-order valence-corrected chi connectivity index (χ0v) is 16.5. The van der Waals surface area contributed by atoms with Crippen molar-refractivity contribution in [1.82, 2.24) is 9.71 Å². The third-order valence-electron chi connectivity index (χ3n) is 4.45. The molecule has 8 nitrogen and oxygen atoms in total. The number of ether oxygens (including phenoxy) is 1. The number of hydrogen-bond donors (Lipinski definition) is 1. The van der Waals surface area contributed by atoms with Gasteiger partial charge in [-0.25, -0.2) is 9.03 Å². The molecule has 1 fully saturated rings. The van der Waals surface area contributed by atoms with Crippen LogP contribution in [0.3, 0.4) is 0 Å². The molecule has 2 heterocycles. The molecular formula is C21H17N3O5S. The molecule has 1 aliphatic heterocycles. The highest BCUT2D eigenvalue weighted by Crippen LogP contribution is 2.33. The van der Waals surface area contributed by atoms with Gasteiger partial charge in [0.2, 0.25) is 5.78 Å². The lowest BCUT2D eigenvalue weighted by atomic mass is 10.1. The number of hydrogen-bond acceptors (Lipinski definition) is 6. The number of rotatable bonds is 6. The van der Waals surface area contributed by atoms with E-state index in [2.05, 4.69) is 4.98 Å². The average Bonchev–Trinajstić information content (AvgIpc) is 3.04. The fourth-order valence-electron chi connectivity index (χ4n) is 3.02. The van der Waals surface area contributed by atoms with Crippen LogP contribution in [0.4, 0.5) is 5.69 Å². The van der Waals surface area contributed by atoms with E-state index in [9.17, 15) is 18.0 Å². The fourth-order valence-corrected chi connectivity index (χ4v) is 4.18. The molecule has 0 aliphatic carbocycles. The minimum atomic E-state index is -4.02. The highest BCUT2D eigenvalue weighted by atomic mass is 32.2. The lowest BCUT2D eigenvalue weighted by Crippen LogP contribution is -2.30. The number of anilines is 1. The van der Waals surface area contributed by atoms with E-state index in [1.165, 1.54) is 24.4 Å². The summed E-state index contributed by atoms with van der Waals surface area (Å²) >= 11 is 0. The summed E-state index contributed by atoms with van der Waals surface area (Å²) in [5.74, 6) is -0.802. The van der Waals surface area contributed by atoms with E-state index in [-0.39, 0.29) is 41.6 Å². The maximum Gasteiger partial charge on any atom is 0.326 e. The van der Waals surface area contributed by atoms with Crippen molar-refractivity contribution >= 4 is 27.6 Å². The standard InChI is InChI=1S/C21H17N3O5S/c25-20-13-24(30(27,28)23-20)18-10-9-16(21(26)17-8-4-5-11-22-17)12-19(18)29-14-15-6-2-1-3-7-15/h1-12H,13-14H2,(H,23,25). The summed E-state index contributed by atoms with van der Waals surface area (Å²) in [5.41, 5.74) is 1.58. The minimum absolute atomic E-state index is 0.157. The maximum absolute atomic E-state index is 12.8. The van der Waals surface area contributed by atoms with Gasteiger partial charge in [-0.1, -0.05) is 36.4 Å². The van der Waals surface area contributed by atoms with E-state index < -0.39 is 16.1 Å². The van der Waals surface area contributed by atoms with Crippen LogP contribution in [-0.4, -0.2) is 31.6 Å². The zero-order chi connectivity index (χ0) is 21.1. The van der Waals surface area contributed by atoms with Gasteiger partial charge in [-0.2, -0.15) is 8.42 Å². The first-order chi connectivity index (χ1) is 14.4. The molecule has 1 N–H and O–H groups in total. The van der Waals surface area contributed by atoms with Crippen LogP contribution in [-0.2, 0) is 21.6 Å². The number of aromatic nitrogens is 1. The normalized spacial score (nSPS) is 14.9. The summed E-state index contributed by atoms with van der Waals surface area (Å²) in [6.07, 6.45) is 1.52. The second-order valence-corrected chi connectivity index (χ2v) is 8.13. The zero-order valence-electron chi connectivity index (χ0n) is 15.7. The molecule has 1 amide bonds. The summed E-state index contributed by atoms with van der Waals surface area (Å²) in [6, 6.07) is 18.7. The van der Waals surface area contributed by atoms with Crippen LogP contribution in [0.25, 0.3) is 0 Å². The lowest BCUT2D eigenvalue weighted by molar-refractivity contribution is -0.117. The van der Waals surface area contributed by atoms with Crippen molar-refractivity contribution in [3.8, 4) is 5.75 Å². The molecule has 0 atom stereocenters. The molecule has 0 spiro atoms. The van der Waals surface area contributed by atoms with Crippen molar-refractivity contribution in [2.45, 2.75) is 6.61 Å². The monoisotopic (exact) mass is 423 g/mol. The number of nitrogens with one attached hydrogen (secondary N) is 1. The fraction of sp³-hybridized carbons (Fsp3) is 0.0952. The van der Waals surface area contributed by atoms with Crippen LogP contribution in [0.15, 0.2) is 72.9 Å². The summed E-state index contributed by atoms with van der Waals surface area (Å²) < 4.78 is 33.3. The Bertz CT molecular complexity index is 1200. The molecule has 0 bridgehead atoms. The third-order valence-corrected chi connectivity index (χ3v) is 5.84. The topological polar surface area (TPSA) is 106 Å². The molecule has 4 rings (SSSR count). The highest BCUT2D eigenvalue weighted by molar-refractivity contribution is 7.92. The first kappa shape index (κ1) is 19.6. The molecule has 0 unspecified atom stereocenters. The number of nitrogens with zero attached hydrogens (tertiary/aromatic N) is 2. The molecule has 0 saturated carbocycles. The number of ketones is 1. The average molecular weight is 423 g/mol. The Morgan fingerprint density at radius 2 is 1.83 bits per heavy atom. The number of pyridine rings is 1. The summed E-state index contributed by atoms with van der Waals surface area (Å²) in [7, 11) is -4.02. The van der Waals surface area contributed by atoms with Crippen molar-refractivity contribution in [2.24, 2.45) is 0 Å². The number of carbonyl (C=O) groups is 2. The van der Waals surface area contributed by atoms with Crippen molar-refractivity contribution in [3.05, 3.63) is 89.7 Å². The smallest absolute Gasteiger partial charge is 0.326 e. The molecular weight excluding hydrogens is 406 g/mol. The van der Waals surface area contributed by atoms with Gasteiger partial charge >= 0.3 is 10.2 Å². The number of carbonyl (C=O) groups excluding carboxylic acids is 2. The van der Waals surface area contributed by atoms with Gasteiger partial charge in [0, 0.05) is 11.8 Å². The SMILES string of the molecule is O=C1CN(c2ccc(C(=O)c3ccccn3)cc2OCc2ccccc2)S(=O)(=O)N1. The van der Waals surface area contributed by atoms with E-state index in [4.69, 9.17) is 4.74 Å². The Morgan fingerprint density at radius 1 is 1.07 bits per heavy atom. The maximum atomic E-state index is 12.8. The van der Waals surface area contributed by atoms with Gasteiger partial charge in [-0.15, -0.1) is 0 Å². The van der Waals surface area contributed by atoms with Crippen LogP contribution in [0.5, 0.6) is 5.75 Å². The van der Waals surface area contributed by atoms with E-state index in [1.807, 2.05) is 35.1 Å². The van der Waals surface area contributed by atoms with Gasteiger partial charge in [-0.3, -0.25) is 14.6 Å². The van der Waals surface area contributed by atoms with Crippen LogP contribution in [0.2, 0.25) is 0 Å². The molecule has 2 aromatic carbocycles. The first-order valence-corrected chi connectivity index (χ1v) is 10.5. The van der Waals surface area contributed by atoms with E-state index in [0.717, 1.165) is 9.87 Å². The van der Waals surface area contributed by atoms with Crippen molar-refractivity contribution < 1.29 is 22.7 Å². The van der Waals surface area contributed by atoms with Gasteiger partial charge in [0.15, 0.2) is 0 Å². The van der Waals surface area contributed by atoms with Gasteiger partial charge in [-0.05, 0) is 35.9 Å². The van der Waals surface area contributed by atoms with Crippen LogP contribution >= 0.6 is 0 Å². The Kier molecular flexibility index (Phi) is 5.20. The quantitative estimate of drug-likeness (QED) is 0.609. The third kappa shape index (κ3) is 4.01. The van der Waals surface area contributed by atoms with Gasteiger partial charge in [0.25, 0.3) is 5.91 Å². The predicted octanol–water partition coefficient (Wildman–Crippen LogP) is 2.07. The van der Waals surface area contributed by atoms with Gasteiger partial charge in [0.1, 0.15) is 24.6 Å². The molecule has 1 saturated heterocycles. The van der Waals surface area contributed by atoms with Crippen LogP contribution < -0.4 is 13.8 Å². The molecule has 152 valence electrons. The van der Waals surface area contributed by atoms with Crippen molar-refractivity contribution in [3.63, 3.8) is 0 Å². The van der Waals surface area contributed by atoms with E-state index >= 15 is 0 Å². The van der Waals surface area contributed by atoms with Crippen molar-refractivity contribution in [1.29, 1.82) is 0 Å². The lowest BCUT2D eigenvalue weighted by Gasteiger charge is -2.19. The molecule has 1 aliphatic rings. The second kappa shape index (κ2) is 7.96. The predicted molar refractivity (Wildman–Crippen MR) is 109 cm³/mol. The van der Waals surface area contributed by atoms with E-state index in [0.29, 0.717) is 0 Å². The molecule has 1 aromatic heterocycles. The Labute approximate surface area is 173 Å². The minimum Gasteiger partial charge on any atom is -0.487 e. The van der Waals surface area contributed by atoms with E-state index in [1.54, 1.807) is 18.2 Å². The molecule has 9 heteroatoms. The second-order valence-electron chi connectivity index (χ2n) is 6.54. The summed E-state index contributed by atoms with van der Waals surface area (Å²) in [4.78, 5) is 28.5. The Hall–Kier alpha value is -3.72. The largest absolute Gasteiger partial charge is 0.487 e. The first-order valence-electron chi connectivity index (χ1n) is 9.04. The summed E-state index contributed by atoms with van der Waals surface area (Å²) in [6.45, 7) is -0.206. The number of amides is 1. The molecule has 3 aromatic rings. The summed E-state index contributed by atoms with van der Waals surface area (Å²) in [5, 5.41) is 0. The van der Waals surface area contributed by atoms with Crippen molar-refractivity contribution in [2.75, 3.05) is 10.8 Å². The Balaban J connectivity index is 1.72. The van der Waals surface area contributed by atoms with Crippen LogP contribution in [0, 0.1) is 0 Å². The number of benzene rings is 2. The molecule has 30 heavy (non-hydrogen) atoms. The Morgan fingerprint density at radius 3 is 2.50 bits per heavy atom. The van der Waals surface area contributed by atoms with Gasteiger partial charge < -0.3 is 4.74 Å². The van der Waals surface area contributed by atoms with Crippen LogP contribution in [0.1, 0.15) is 21.6 Å². The highest BCUT2D eigenvalue weighted by Gasteiger charge is 2.36. The van der Waals surface area contributed by atoms with Gasteiger partial charge in [0.05, 0.1) is 5.69 Å². The molecule has 0 radical (unpaired) electrons.